The summed E-state index contributed by atoms with van der Waals surface area (Å²) < 4.78 is 0. The molecule has 0 fully saturated rings. The van der Waals surface area contributed by atoms with Crippen molar-refractivity contribution in [1.82, 2.24) is 15.1 Å². The van der Waals surface area contributed by atoms with Gasteiger partial charge < -0.3 is 10.2 Å². The van der Waals surface area contributed by atoms with Crippen LogP contribution in [-0.4, -0.2) is 52.6 Å². The van der Waals surface area contributed by atoms with Crippen molar-refractivity contribution in [1.29, 1.82) is 0 Å². The number of carbonyl (C=O) groups excluding carboxylic acids is 4. The number of hydrogen-bond donors (Lipinski definition) is 1. The molecule has 1 unspecified atom stereocenters. The topological polar surface area (TPSA) is 86.8 Å². The summed E-state index contributed by atoms with van der Waals surface area (Å²) in [6.07, 6.45) is 0.350. The van der Waals surface area contributed by atoms with Gasteiger partial charge in [-0.15, -0.1) is 0 Å². The van der Waals surface area contributed by atoms with Crippen LogP contribution < -0.4 is 5.32 Å². The molecule has 2 aromatic rings. The number of nitrogens with zero attached hydrogens (tertiary/aromatic N) is 2. The minimum Gasteiger partial charge on any atom is -0.355 e. The fourth-order valence-electron chi connectivity index (χ4n) is 3.71. The third kappa shape index (κ3) is 5.54. The van der Waals surface area contributed by atoms with E-state index in [0.29, 0.717) is 27.7 Å². The lowest BCUT2D eigenvalue weighted by Crippen LogP contribution is -2.47. The molecule has 0 saturated heterocycles. The second kappa shape index (κ2) is 10.8. The molecule has 1 N–H and O–H groups in total. The molecule has 1 aliphatic heterocycles. The number of hydrogen-bond acceptors (Lipinski definition) is 4. The van der Waals surface area contributed by atoms with Gasteiger partial charge >= 0.3 is 0 Å². The van der Waals surface area contributed by atoms with Crippen molar-refractivity contribution >= 4 is 46.8 Å². The summed E-state index contributed by atoms with van der Waals surface area (Å²) in [7, 11) is 0. The molecule has 4 amide bonds. The molecule has 1 aliphatic rings. The SMILES string of the molecule is CCNC(=O)C(C)N(Cc1ccc(Cl)c(Cl)c1)C(=O)CCCN1C(=O)c2ccccc2C1=O. The lowest BCUT2D eigenvalue weighted by atomic mass is 10.1. The molecule has 2 aromatic carbocycles. The largest absolute Gasteiger partial charge is 0.355 e. The lowest BCUT2D eigenvalue weighted by Gasteiger charge is -2.29. The van der Waals surface area contributed by atoms with Crippen LogP contribution in [0.3, 0.4) is 0 Å². The quantitative estimate of drug-likeness (QED) is 0.540. The highest BCUT2D eigenvalue weighted by Gasteiger charge is 2.35. The number of imide groups is 1. The number of nitrogens with one attached hydrogen (secondary N) is 1. The maximum absolute atomic E-state index is 13.1. The summed E-state index contributed by atoms with van der Waals surface area (Å²) in [5.41, 5.74) is 1.48. The van der Waals surface area contributed by atoms with E-state index in [1.54, 1.807) is 56.3 Å². The van der Waals surface area contributed by atoms with Crippen LogP contribution in [0.25, 0.3) is 0 Å². The first-order chi connectivity index (χ1) is 15.7. The van der Waals surface area contributed by atoms with Crippen LogP contribution in [0.1, 0.15) is 53.0 Å². The van der Waals surface area contributed by atoms with Crippen molar-refractivity contribution in [2.45, 2.75) is 39.3 Å². The molecule has 9 heteroatoms. The van der Waals surface area contributed by atoms with E-state index >= 15 is 0 Å². The average Bonchev–Trinajstić information content (AvgIpc) is 3.04. The summed E-state index contributed by atoms with van der Waals surface area (Å²) in [6, 6.07) is 11.0. The van der Waals surface area contributed by atoms with E-state index in [2.05, 4.69) is 5.32 Å². The van der Waals surface area contributed by atoms with Crippen molar-refractivity contribution < 1.29 is 19.2 Å². The van der Waals surface area contributed by atoms with E-state index in [-0.39, 0.29) is 49.6 Å². The summed E-state index contributed by atoms with van der Waals surface area (Å²) in [5, 5.41) is 3.49. The molecule has 3 rings (SSSR count). The highest BCUT2D eigenvalue weighted by atomic mass is 35.5. The maximum atomic E-state index is 13.1. The first-order valence-electron chi connectivity index (χ1n) is 10.7. The number of carbonyl (C=O) groups is 4. The number of benzene rings is 2. The maximum Gasteiger partial charge on any atom is 0.261 e. The van der Waals surface area contributed by atoms with Gasteiger partial charge in [-0.2, -0.15) is 0 Å². The number of amides is 4. The van der Waals surface area contributed by atoms with E-state index < -0.39 is 6.04 Å². The summed E-state index contributed by atoms with van der Waals surface area (Å²) in [4.78, 5) is 53.2. The fraction of sp³-hybridized carbons (Fsp3) is 0.333. The van der Waals surface area contributed by atoms with Crippen LogP contribution in [0.2, 0.25) is 10.0 Å². The first-order valence-corrected chi connectivity index (χ1v) is 11.5. The fourth-order valence-corrected chi connectivity index (χ4v) is 4.03. The third-order valence-corrected chi connectivity index (χ3v) is 6.24. The van der Waals surface area contributed by atoms with Crippen LogP contribution in [0.5, 0.6) is 0 Å². The highest BCUT2D eigenvalue weighted by Crippen LogP contribution is 2.25. The molecule has 33 heavy (non-hydrogen) atoms. The van der Waals surface area contributed by atoms with E-state index in [4.69, 9.17) is 23.2 Å². The normalized spacial score (nSPS) is 13.6. The van der Waals surface area contributed by atoms with Gasteiger partial charge in [-0.05, 0) is 50.1 Å². The Morgan fingerprint density at radius 2 is 1.67 bits per heavy atom. The smallest absolute Gasteiger partial charge is 0.261 e. The van der Waals surface area contributed by atoms with Crippen LogP contribution in [0.15, 0.2) is 42.5 Å². The number of rotatable bonds is 9. The molecule has 0 aliphatic carbocycles. The number of halogens is 2. The molecular weight excluding hydrogens is 465 g/mol. The molecule has 174 valence electrons. The Hall–Kier alpha value is -2.90. The molecule has 1 atom stereocenters. The monoisotopic (exact) mass is 489 g/mol. The number of fused-ring (bicyclic) bond motifs is 1. The summed E-state index contributed by atoms with van der Waals surface area (Å²) >= 11 is 12.1. The van der Waals surface area contributed by atoms with Crippen molar-refractivity contribution in [3.05, 3.63) is 69.2 Å². The Labute approximate surface area is 202 Å². The van der Waals surface area contributed by atoms with Gasteiger partial charge in [0.1, 0.15) is 6.04 Å². The average molecular weight is 490 g/mol. The number of likely N-dealkylation sites (N-methyl/N-ethyl adjacent to an activating group) is 1. The minimum atomic E-state index is -0.716. The predicted octanol–water partition coefficient (Wildman–Crippen LogP) is 3.92. The molecule has 0 radical (unpaired) electrons. The Bertz CT molecular complexity index is 1050. The Morgan fingerprint density at radius 3 is 2.24 bits per heavy atom. The molecule has 0 bridgehead atoms. The molecule has 0 saturated carbocycles. The van der Waals surface area contributed by atoms with Gasteiger partial charge in [-0.1, -0.05) is 41.4 Å². The zero-order valence-corrected chi connectivity index (χ0v) is 19.9. The van der Waals surface area contributed by atoms with Crippen molar-refractivity contribution in [3.8, 4) is 0 Å². The second-order valence-corrected chi connectivity index (χ2v) is 8.57. The van der Waals surface area contributed by atoms with Crippen LogP contribution in [-0.2, 0) is 16.1 Å². The van der Waals surface area contributed by atoms with E-state index in [1.807, 2.05) is 0 Å². The van der Waals surface area contributed by atoms with E-state index in [1.165, 1.54) is 4.90 Å². The Balaban J connectivity index is 1.68. The van der Waals surface area contributed by atoms with Crippen molar-refractivity contribution in [2.24, 2.45) is 0 Å². The predicted molar refractivity (Wildman–Crippen MR) is 126 cm³/mol. The Kier molecular flexibility index (Phi) is 8.10. The van der Waals surface area contributed by atoms with Crippen LogP contribution in [0.4, 0.5) is 0 Å². The zero-order chi connectivity index (χ0) is 24.1. The summed E-state index contributed by atoms with van der Waals surface area (Å²) in [5.74, 6) is -1.25. The standard InChI is InChI=1S/C24H25Cl2N3O4/c1-3-27-22(31)15(2)29(14-16-10-11-19(25)20(26)13-16)21(30)9-6-12-28-23(32)17-7-4-5-8-18(17)24(28)33/h4-5,7-8,10-11,13,15H,3,6,9,12,14H2,1-2H3,(H,27,31). The lowest BCUT2D eigenvalue weighted by molar-refractivity contribution is -0.140. The molecule has 0 aromatic heterocycles. The van der Waals surface area contributed by atoms with Gasteiger partial charge in [0.15, 0.2) is 0 Å². The van der Waals surface area contributed by atoms with Gasteiger partial charge in [0.2, 0.25) is 11.8 Å². The van der Waals surface area contributed by atoms with Gasteiger partial charge in [0.25, 0.3) is 11.8 Å². The Morgan fingerprint density at radius 1 is 1.03 bits per heavy atom. The van der Waals surface area contributed by atoms with E-state index in [0.717, 1.165) is 10.5 Å². The summed E-state index contributed by atoms with van der Waals surface area (Å²) in [6.45, 7) is 4.19. The van der Waals surface area contributed by atoms with Gasteiger partial charge in [0.05, 0.1) is 21.2 Å². The minimum absolute atomic E-state index is 0.0679. The first kappa shape index (κ1) is 24.7. The van der Waals surface area contributed by atoms with Gasteiger partial charge in [-0.3, -0.25) is 24.1 Å². The third-order valence-electron chi connectivity index (χ3n) is 5.51. The highest BCUT2D eigenvalue weighted by molar-refractivity contribution is 6.42. The molecule has 7 nitrogen and oxygen atoms in total. The van der Waals surface area contributed by atoms with Gasteiger partial charge in [0, 0.05) is 26.1 Å². The van der Waals surface area contributed by atoms with Gasteiger partial charge in [-0.25, -0.2) is 0 Å². The van der Waals surface area contributed by atoms with Crippen molar-refractivity contribution in [3.63, 3.8) is 0 Å². The molecule has 0 spiro atoms. The van der Waals surface area contributed by atoms with Crippen LogP contribution >= 0.6 is 23.2 Å². The zero-order valence-electron chi connectivity index (χ0n) is 18.4. The molecule has 1 heterocycles. The van der Waals surface area contributed by atoms with E-state index in [9.17, 15) is 19.2 Å². The van der Waals surface area contributed by atoms with Crippen molar-refractivity contribution in [2.75, 3.05) is 13.1 Å². The molecular formula is C24H25Cl2N3O4. The second-order valence-electron chi connectivity index (χ2n) is 7.75. The van der Waals surface area contributed by atoms with Crippen LogP contribution in [0, 0.1) is 0 Å².